The lowest BCUT2D eigenvalue weighted by molar-refractivity contribution is -0.119. The second-order valence-corrected chi connectivity index (χ2v) is 7.59. The summed E-state index contributed by atoms with van der Waals surface area (Å²) in [6.45, 7) is 3.09. The number of halogens is 2. The number of carbonyl (C=O) groups is 4. The van der Waals surface area contributed by atoms with Gasteiger partial charge in [-0.3, -0.25) is 19.3 Å². The zero-order chi connectivity index (χ0) is 22.0. The van der Waals surface area contributed by atoms with E-state index in [-0.39, 0.29) is 39.3 Å². The van der Waals surface area contributed by atoms with E-state index < -0.39 is 24.4 Å². The highest BCUT2D eigenvalue weighted by Crippen LogP contribution is 2.27. The van der Waals surface area contributed by atoms with Crippen LogP contribution in [0.25, 0.3) is 0 Å². The van der Waals surface area contributed by atoms with E-state index >= 15 is 0 Å². The quantitative estimate of drug-likeness (QED) is 0.528. The summed E-state index contributed by atoms with van der Waals surface area (Å²) in [6, 6.07) is 8.42. The first-order chi connectivity index (χ1) is 14.2. The number of hydrogen-bond acceptors (Lipinski definition) is 5. The molecule has 1 N–H and O–H groups in total. The molecule has 0 spiro atoms. The molecule has 2 aromatic rings. The SMILES string of the molecule is CCC(C)N1C(=O)c2ccc(C(=O)OCC(=O)Nc3cc(Cl)ccc3Cl)cc2C1=O. The third-order valence-corrected chi connectivity index (χ3v) is 5.29. The van der Waals surface area contributed by atoms with Gasteiger partial charge in [0.15, 0.2) is 6.61 Å². The van der Waals surface area contributed by atoms with Gasteiger partial charge in [-0.1, -0.05) is 30.1 Å². The van der Waals surface area contributed by atoms with E-state index in [2.05, 4.69) is 5.32 Å². The fraction of sp³-hybridized carbons (Fsp3) is 0.238. The Hall–Kier alpha value is -2.90. The lowest BCUT2D eigenvalue weighted by atomic mass is 10.1. The van der Waals surface area contributed by atoms with Crippen LogP contribution < -0.4 is 5.32 Å². The average Bonchev–Trinajstić information content (AvgIpc) is 2.98. The van der Waals surface area contributed by atoms with E-state index in [4.69, 9.17) is 27.9 Å². The first-order valence-electron chi connectivity index (χ1n) is 9.16. The van der Waals surface area contributed by atoms with Gasteiger partial charge < -0.3 is 10.1 Å². The van der Waals surface area contributed by atoms with E-state index in [9.17, 15) is 19.2 Å². The second-order valence-electron chi connectivity index (χ2n) is 6.75. The number of nitrogens with zero attached hydrogens (tertiary/aromatic N) is 1. The Balaban J connectivity index is 1.67. The molecule has 156 valence electrons. The molecule has 1 unspecified atom stereocenters. The van der Waals surface area contributed by atoms with Crippen molar-refractivity contribution in [1.29, 1.82) is 0 Å². The number of esters is 1. The summed E-state index contributed by atoms with van der Waals surface area (Å²) in [7, 11) is 0. The number of carbonyl (C=O) groups excluding carboxylic acids is 4. The molecule has 0 saturated carbocycles. The highest BCUT2D eigenvalue weighted by Gasteiger charge is 2.38. The zero-order valence-electron chi connectivity index (χ0n) is 16.2. The van der Waals surface area contributed by atoms with Gasteiger partial charge in [0.2, 0.25) is 0 Å². The predicted octanol–water partition coefficient (Wildman–Crippen LogP) is 4.18. The van der Waals surface area contributed by atoms with Crippen molar-refractivity contribution in [2.24, 2.45) is 0 Å². The van der Waals surface area contributed by atoms with Gasteiger partial charge in [0, 0.05) is 11.1 Å². The summed E-state index contributed by atoms with van der Waals surface area (Å²) in [5, 5.41) is 3.17. The Bertz CT molecular complexity index is 1050. The van der Waals surface area contributed by atoms with E-state index in [0.717, 1.165) is 0 Å². The molecule has 0 radical (unpaired) electrons. The lowest BCUT2D eigenvalue weighted by Crippen LogP contribution is -2.37. The standard InChI is InChI=1S/C21H18Cl2N2O5/c1-3-11(2)25-19(27)14-6-4-12(8-15(14)20(25)28)21(29)30-10-18(26)24-17-9-13(22)5-7-16(17)23/h4-9,11H,3,10H2,1-2H3,(H,24,26). The van der Waals surface area contributed by atoms with Crippen LogP contribution in [0.2, 0.25) is 10.0 Å². The molecule has 0 aromatic heterocycles. The Labute approximate surface area is 182 Å². The maximum atomic E-state index is 12.6. The van der Waals surface area contributed by atoms with Crippen LogP contribution in [0.15, 0.2) is 36.4 Å². The van der Waals surface area contributed by atoms with Crippen LogP contribution in [0.1, 0.15) is 51.3 Å². The van der Waals surface area contributed by atoms with E-state index in [1.807, 2.05) is 6.92 Å². The van der Waals surface area contributed by atoms with Crippen LogP contribution >= 0.6 is 23.2 Å². The number of amides is 3. The van der Waals surface area contributed by atoms with E-state index in [1.54, 1.807) is 13.0 Å². The van der Waals surface area contributed by atoms with Gasteiger partial charge in [0.25, 0.3) is 17.7 Å². The maximum Gasteiger partial charge on any atom is 0.338 e. The van der Waals surface area contributed by atoms with Gasteiger partial charge in [0.1, 0.15) is 0 Å². The summed E-state index contributed by atoms with van der Waals surface area (Å²) in [4.78, 5) is 50.6. The second kappa shape index (κ2) is 8.85. The first-order valence-corrected chi connectivity index (χ1v) is 9.92. The average molecular weight is 449 g/mol. The van der Waals surface area contributed by atoms with Crippen molar-refractivity contribution in [2.75, 3.05) is 11.9 Å². The fourth-order valence-electron chi connectivity index (χ4n) is 2.96. The zero-order valence-corrected chi connectivity index (χ0v) is 17.7. The largest absolute Gasteiger partial charge is 0.452 e. The van der Waals surface area contributed by atoms with Crippen LogP contribution in [-0.4, -0.2) is 41.2 Å². The molecule has 2 aromatic carbocycles. The third-order valence-electron chi connectivity index (χ3n) is 4.72. The highest BCUT2D eigenvalue weighted by atomic mass is 35.5. The smallest absolute Gasteiger partial charge is 0.338 e. The number of ether oxygens (including phenoxy) is 1. The molecule has 0 bridgehead atoms. The molecule has 3 rings (SSSR count). The molecule has 0 aliphatic carbocycles. The molecule has 1 atom stereocenters. The van der Waals surface area contributed by atoms with Gasteiger partial charge in [-0.15, -0.1) is 0 Å². The molecule has 0 saturated heterocycles. The van der Waals surface area contributed by atoms with E-state index in [0.29, 0.717) is 11.4 Å². The summed E-state index contributed by atoms with van der Waals surface area (Å²) in [5.41, 5.74) is 0.738. The summed E-state index contributed by atoms with van der Waals surface area (Å²) in [5.74, 6) is -2.25. The van der Waals surface area contributed by atoms with Crippen molar-refractivity contribution in [3.05, 3.63) is 63.1 Å². The van der Waals surface area contributed by atoms with Crippen molar-refractivity contribution >= 4 is 52.6 Å². The van der Waals surface area contributed by atoms with Crippen LogP contribution in [0, 0.1) is 0 Å². The molecule has 3 amide bonds. The van der Waals surface area contributed by atoms with Crippen LogP contribution in [0.3, 0.4) is 0 Å². The summed E-state index contributed by atoms with van der Waals surface area (Å²) < 4.78 is 5.01. The predicted molar refractivity (Wildman–Crippen MR) is 112 cm³/mol. The number of benzene rings is 2. The first kappa shape index (κ1) is 21.8. The molecular weight excluding hydrogens is 431 g/mol. The van der Waals surface area contributed by atoms with E-state index in [1.165, 1.54) is 35.2 Å². The number of imide groups is 1. The highest BCUT2D eigenvalue weighted by molar-refractivity contribution is 6.35. The molecule has 30 heavy (non-hydrogen) atoms. The molecular formula is C21H18Cl2N2O5. The minimum absolute atomic E-state index is 0.0643. The molecule has 0 fully saturated rings. The summed E-state index contributed by atoms with van der Waals surface area (Å²) >= 11 is 11.8. The number of rotatable bonds is 6. The lowest BCUT2D eigenvalue weighted by Gasteiger charge is -2.20. The van der Waals surface area contributed by atoms with Gasteiger partial charge in [-0.05, 0) is 49.7 Å². The number of hydrogen-bond donors (Lipinski definition) is 1. The Morgan fingerprint density at radius 3 is 2.47 bits per heavy atom. The van der Waals surface area contributed by atoms with Gasteiger partial charge in [-0.25, -0.2) is 4.79 Å². The Morgan fingerprint density at radius 1 is 1.07 bits per heavy atom. The topological polar surface area (TPSA) is 92.8 Å². The normalized spacial score (nSPS) is 13.8. The van der Waals surface area contributed by atoms with Crippen molar-refractivity contribution in [3.8, 4) is 0 Å². The number of anilines is 1. The Kier molecular flexibility index (Phi) is 6.43. The van der Waals surface area contributed by atoms with Gasteiger partial charge in [0.05, 0.1) is 27.4 Å². The molecule has 9 heteroatoms. The van der Waals surface area contributed by atoms with Crippen LogP contribution in [-0.2, 0) is 9.53 Å². The minimum atomic E-state index is -0.799. The number of fused-ring (bicyclic) bond motifs is 1. The van der Waals surface area contributed by atoms with Crippen molar-refractivity contribution in [3.63, 3.8) is 0 Å². The summed E-state index contributed by atoms with van der Waals surface area (Å²) in [6.07, 6.45) is 0.617. The van der Waals surface area contributed by atoms with Gasteiger partial charge in [-0.2, -0.15) is 0 Å². The molecule has 1 aliphatic heterocycles. The van der Waals surface area contributed by atoms with Crippen LogP contribution in [0.4, 0.5) is 5.69 Å². The minimum Gasteiger partial charge on any atom is -0.452 e. The molecule has 7 nitrogen and oxygen atoms in total. The van der Waals surface area contributed by atoms with Crippen molar-refractivity contribution < 1.29 is 23.9 Å². The van der Waals surface area contributed by atoms with Crippen molar-refractivity contribution in [2.45, 2.75) is 26.3 Å². The molecule has 1 aliphatic rings. The molecule has 1 heterocycles. The van der Waals surface area contributed by atoms with Crippen LogP contribution in [0.5, 0.6) is 0 Å². The third kappa shape index (κ3) is 4.32. The van der Waals surface area contributed by atoms with Crippen molar-refractivity contribution in [1.82, 2.24) is 4.90 Å². The Morgan fingerprint density at radius 2 is 1.77 bits per heavy atom. The van der Waals surface area contributed by atoms with Gasteiger partial charge >= 0.3 is 5.97 Å². The number of nitrogens with one attached hydrogen (secondary N) is 1. The maximum absolute atomic E-state index is 12.6. The monoisotopic (exact) mass is 448 g/mol. The fourth-order valence-corrected chi connectivity index (χ4v) is 3.30.